The van der Waals surface area contributed by atoms with Crippen LogP contribution in [-0.2, 0) is 19.2 Å². The van der Waals surface area contributed by atoms with Crippen molar-refractivity contribution in [3.8, 4) is 0 Å². The van der Waals surface area contributed by atoms with E-state index in [0.29, 0.717) is 30.9 Å². The molecule has 2 rings (SSSR count). The van der Waals surface area contributed by atoms with Crippen LogP contribution in [-0.4, -0.2) is 68.5 Å². The number of carboxylic acid groups (broad SMARTS) is 1. The van der Waals surface area contributed by atoms with E-state index in [4.69, 9.17) is 14.7 Å². The zero-order valence-electron chi connectivity index (χ0n) is 14.7. The van der Waals surface area contributed by atoms with Gasteiger partial charge in [-0.05, 0) is 12.1 Å². The summed E-state index contributed by atoms with van der Waals surface area (Å²) in [6.45, 7) is 2.85. The van der Waals surface area contributed by atoms with Crippen LogP contribution in [0.2, 0.25) is 0 Å². The molecule has 26 heavy (non-hydrogen) atoms. The van der Waals surface area contributed by atoms with E-state index in [-0.39, 0.29) is 0 Å². The SMILES string of the molecule is CNC(=Nc1ccccc1N1CCOCC1)N(C)OC(=O)/C=C/C(=O)O. The van der Waals surface area contributed by atoms with E-state index >= 15 is 0 Å². The van der Waals surface area contributed by atoms with Gasteiger partial charge in [0, 0.05) is 39.3 Å². The van der Waals surface area contributed by atoms with Crippen molar-refractivity contribution in [3.05, 3.63) is 36.4 Å². The summed E-state index contributed by atoms with van der Waals surface area (Å²) in [5.41, 5.74) is 1.66. The highest BCUT2D eigenvalue weighted by Crippen LogP contribution is 2.29. The number of carboxylic acids is 1. The third kappa shape index (κ3) is 5.49. The Bertz CT molecular complexity index is 698. The fourth-order valence-corrected chi connectivity index (χ4v) is 2.38. The Balaban J connectivity index is 2.17. The molecule has 0 radical (unpaired) electrons. The number of carbonyl (C=O) groups is 2. The lowest BCUT2D eigenvalue weighted by atomic mass is 10.2. The van der Waals surface area contributed by atoms with Gasteiger partial charge in [0.25, 0.3) is 0 Å². The molecule has 0 amide bonds. The first-order valence-corrected chi connectivity index (χ1v) is 8.06. The van der Waals surface area contributed by atoms with Gasteiger partial charge in [-0.3, -0.25) is 0 Å². The van der Waals surface area contributed by atoms with Gasteiger partial charge in [0.05, 0.1) is 24.6 Å². The second kappa shape index (κ2) is 9.42. The number of nitrogens with zero attached hydrogens (tertiary/aromatic N) is 3. The summed E-state index contributed by atoms with van der Waals surface area (Å²) >= 11 is 0. The Morgan fingerprint density at radius 3 is 2.65 bits per heavy atom. The topological polar surface area (TPSA) is 104 Å². The maximum absolute atomic E-state index is 11.6. The summed E-state index contributed by atoms with van der Waals surface area (Å²) in [7, 11) is 3.15. The number of morpholine rings is 1. The number of hydrogen-bond donors (Lipinski definition) is 2. The number of carbonyl (C=O) groups excluding carboxylic acids is 1. The molecule has 0 spiro atoms. The molecule has 1 fully saturated rings. The van der Waals surface area contributed by atoms with Crippen molar-refractivity contribution in [2.45, 2.75) is 0 Å². The fourth-order valence-electron chi connectivity index (χ4n) is 2.38. The van der Waals surface area contributed by atoms with E-state index in [9.17, 15) is 9.59 Å². The minimum absolute atomic E-state index is 0.294. The monoisotopic (exact) mass is 362 g/mol. The number of hydrogen-bond acceptors (Lipinski definition) is 6. The molecule has 0 aliphatic carbocycles. The van der Waals surface area contributed by atoms with Gasteiger partial charge < -0.3 is 24.9 Å². The Labute approximate surface area is 151 Å². The second-order valence-electron chi connectivity index (χ2n) is 5.35. The molecular weight excluding hydrogens is 340 g/mol. The van der Waals surface area contributed by atoms with Crippen molar-refractivity contribution in [1.82, 2.24) is 10.4 Å². The van der Waals surface area contributed by atoms with Gasteiger partial charge in [0.1, 0.15) is 0 Å². The molecule has 1 aromatic rings. The van der Waals surface area contributed by atoms with Crippen LogP contribution in [0, 0.1) is 0 Å². The van der Waals surface area contributed by atoms with Crippen LogP contribution >= 0.6 is 0 Å². The largest absolute Gasteiger partial charge is 0.478 e. The Morgan fingerprint density at radius 2 is 2.00 bits per heavy atom. The van der Waals surface area contributed by atoms with E-state index in [2.05, 4.69) is 15.2 Å². The molecule has 2 N–H and O–H groups in total. The number of ether oxygens (including phenoxy) is 1. The highest BCUT2D eigenvalue weighted by molar-refractivity contribution is 5.92. The lowest BCUT2D eigenvalue weighted by molar-refractivity contribution is -0.162. The summed E-state index contributed by atoms with van der Waals surface area (Å²) in [6.07, 6.45) is 1.54. The molecule has 0 bridgehead atoms. The van der Waals surface area contributed by atoms with Gasteiger partial charge >= 0.3 is 11.9 Å². The Kier molecular flexibility index (Phi) is 6.98. The molecule has 9 heteroatoms. The predicted molar refractivity (Wildman–Crippen MR) is 96.3 cm³/mol. The molecule has 1 saturated heterocycles. The highest BCUT2D eigenvalue weighted by Gasteiger charge is 2.16. The van der Waals surface area contributed by atoms with E-state index in [0.717, 1.165) is 29.9 Å². The lowest BCUT2D eigenvalue weighted by Crippen LogP contribution is -2.38. The van der Waals surface area contributed by atoms with Crippen LogP contribution in [0.4, 0.5) is 11.4 Å². The molecule has 140 valence electrons. The van der Waals surface area contributed by atoms with Crippen LogP contribution in [0.15, 0.2) is 41.4 Å². The quantitative estimate of drug-likeness (QED) is 0.350. The molecule has 9 nitrogen and oxygen atoms in total. The summed E-state index contributed by atoms with van der Waals surface area (Å²) < 4.78 is 5.38. The van der Waals surface area contributed by atoms with Crippen LogP contribution in [0.25, 0.3) is 0 Å². The van der Waals surface area contributed by atoms with Crippen LogP contribution in [0.3, 0.4) is 0 Å². The van der Waals surface area contributed by atoms with Crippen molar-refractivity contribution in [2.75, 3.05) is 45.3 Å². The molecule has 1 aliphatic rings. The van der Waals surface area contributed by atoms with E-state index in [1.807, 2.05) is 24.3 Å². The zero-order chi connectivity index (χ0) is 18.9. The highest BCUT2D eigenvalue weighted by atomic mass is 16.7. The third-order valence-electron chi connectivity index (χ3n) is 3.57. The molecular formula is C17H22N4O5. The van der Waals surface area contributed by atoms with E-state index < -0.39 is 11.9 Å². The van der Waals surface area contributed by atoms with Gasteiger partial charge in [-0.1, -0.05) is 12.1 Å². The maximum atomic E-state index is 11.6. The lowest BCUT2D eigenvalue weighted by Gasteiger charge is -2.30. The summed E-state index contributed by atoms with van der Waals surface area (Å²) in [5.74, 6) is -1.76. The normalized spacial score (nSPS) is 15.0. The average Bonchev–Trinajstić information content (AvgIpc) is 2.65. The first-order chi connectivity index (χ1) is 12.5. The molecule has 0 saturated carbocycles. The Morgan fingerprint density at radius 1 is 1.31 bits per heavy atom. The summed E-state index contributed by atoms with van der Waals surface area (Å²) in [6, 6.07) is 7.64. The zero-order valence-corrected chi connectivity index (χ0v) is 14.7. The van der Waals surface area contributed by atoms with E-state index in [1.54, 1.807) is 7.05 Å². The molecule has 1 aliphatic heterocycles. The first kappa shape index (κ1) is 19.3. The number of aliphatic carboxylic acids is 1. The first-order valence-electron chi connectivity index (χ1n) is 8.06. The van der Waals surface area contributed by atoms with Crippen molar-refractivity contribution in [1.29, 1.82) is 0 Å². The van der Waals surface area contributed by atoms with Crippen molar-refractivity contribution in [2.24, 2.45) is 4.99 Å². The number of nitrogens with one attached hydrogen (secondary N) is 1. The average molecular weight is 362 g/mol. The van der Waals surface area contributed by atoms with Gasteiger partial charge in [0.15, 0.2) is 0 Å². The van der Waals surface area contributed by atoms with Gasteiger partial charge in [-0.2, -0.15) is 5.06 Å². The van der Waals surface area contributed by atoms with Gasteiger partial charge in [0.2, 0.25) is 5.96 Å². The molecule has 1 heterocycles. The Hall–Kier alpha value is -3.07. The number of para-hydroxylation sites is 2. The minimum atomic E-state index is -1.23. The van der Waals surface area contributed by atoms with Gasteiger partial charge in [-0.25, -0.2) is 14.6 Å². The number of hydroxylamine groups is 2. The number of anilines is 1. The molecule has 0 atom stereocenters. The number of rotatable bonds is 4. The third-order valence-corrected chi connectivity index (χ3v) is 3.57. The van der Waals surface area contributed by atoms with Crippen molar-refractivity contribution >= 4 is 29.3 Å². The van der Waals surface area contributed by atoms with Crippen LogP contribution in [0.1, 0.15) is 0 Å². The maximum Gasteiger partial charge on any atom is 0.356 e. The molecule has 1 aromatic carbocycles. The van der Waals surface area contributed by atoms with E-state index in [1.165, 1.54) is 7.05 Å². The number of benzene rings is 1. The van der Waals surface area contributed by atoms with Crippen molar-refractivity contribution < 1.29 is 24.3 Å². The number of aliphatic imine (C=N–C) groups is 1. The van der Waals surface area contributed by atoms with Crippen LogP contribution < -0.4 is 10.2 Å². The summed E-state index contributed by atoms with van der Waals surface area (Å²) in [4.78, 5) is 33.8. The smallest absolute Gasteiger partial charge is 0.356 e. The van der Waals surface area contributed by atoms with Crippen molar-refractivity contribution in [3.63, 3.8) is 0 Å². The second-order valence-corrected chi connectivity index (χ2v) is 5.35. The standard InChI is InChI=1S/C17H22N4O5/c1-18-17(20(2)26-16(24)8-7-15(22)23)19-13-5-3-4-6-14(13)21-9-11-25-12-10-21/h3-8H,9-12H2,1-2H3,(H,18,19)(H,22,23)/b8-7+. The van der Waals surface area contributed by atoms with Gasteiger partial charge in [-0.15, -0.1) is 0 Å². The predicted octanol–water partition coefficient (Wildman–Crippen LogP) is 0.761. The van der Waals surface area contributed by atoms with Crippen LogP contribution in [0.5, 0.6) is 0 Å². The summed E-state index contributed by atoms with van der Waals surface area (Å²) in [5, 5.41) is 12.6. The number of guanidine groups is 1. The fraction of sp³-hybridized carbons (Fsp3) is 0.353. The minimum Gasteiger partial charge on any atom is -0.478 e. The molecule has 0 aromatic heterocycles. The molecule has 0 unspecified atom stereocenters.